The van der Waals surface area contributed by atoms with Crippen molar-refractivity contribution in [1.82, 2.24) is 9.97 Å². The molecule has 1 aromatic carbocycles. The summed E-state index contributed by atoms with van der Waals surface area (Å²) in [4.78, 5) is 8.86. The van der Waals surface area contributed by atoms with Gasteiger partial charge in [0.1, 0.15) is 5.82 Å². The van der Waals surface area contributed by atoms with Gasteiger partial charge in [0.05, 0.1) is 13.2 Å². The van der Waals surface area contributed by atoms with Gasteiger partial charge in [-0.25, -0.2) is 9.97 Å². The van der Waals surface area contributed by atoms with Crippen LogP contribution in [0.1, 0.15) is 74.9 Å². The van der Waals surface area contributed by atoms with E-state index in [9.17, 15) is 0 Å². The molecule has 2 aromatic rings. The van der Waals surface area contributed by atoms with Crippen molar-refractivity contribution in [2.75, 3.05) is 6.61 Å². The Morgan fingerprint density at radius 3 is 2.22 bits per heavy atom. The van der Waals surface area contributed by atoms with Gasteiger partial charge in [0.15, 0.2) is 0 Å². The minimum atomic E-state index is 0.296. The zero-order chi connectivity index (χ0) is 16.8. The molecule has 0 radical (unpaired) electrons. The molecule has 0 fully saturated rings. The molecule has 0 bridgehead atoms. The second kappa shape index (κ2) is 8.21. The van der Waals surface area contributed by atoms with Gasteiger partial charge in [0.25, 0.3) is 0 Å². The lowest BCUT2D eigenvalue weighted by Crippen LogP contribution is -2.07. The Morgan fingerprint density at radius 1 is 0.913 bits per heavy atom. The zero-order valence-corrected chi connectivity index (χ0v) is 14.9. The topological polar surface area (TPSA) is 35.0 Å². The van der Waals surface area contributed by atoms with Gasteiger partial charge in [-0.3, -0.25) is 0 Å². The van der Waals surface area contributed by atoms with Crippen molar-refractivity contribution in [2.45, 2.75) is 59.0 Å². The van der Waals surface area contributed by atoms with Gasteiger partial charge >= 0.3 is 0 Å². The highest BCUT2D eigenvalue weighted by Crippen LogP contribution is 2.18. The van der Waals surface area contributed by atoms with Gasteiger partial charge < -0.3 is 4.74 Å². The van der Waals surface area contributed by atoms with Crippen molar-refractivity contribution in [1.29, 1.82) is 0 Å². The first-order chi connectivity index (χ1) is 11.0. The molecule has 3 heteroatoms. The molecule has 0 amide bonds. The number of hydrogen-bond donors (Lipinski definition) is 0. The van der Waals surface area contributed by atoms with Gasteiger partial charge in [-0.15, -0.1) is 0 Å². The molecule has 1 heterocycles. The van der Waals surface area contributed by atoms with E-state index in [4.69, 9.17) is 4.74 Å². The van der Waals surface area contributed by atoms with Crippen LogP contribution in [0.25, 0.3) is 0 Å². The van der Waals surface area contributed by atoms with Gasteiger partial charge in [0, 0.05) is 24.2 Å². The van der Waals surface area contributed by atoms with E-state index >= 15 is 0 Å². The van der Waals surface area contributed by atoms with E-state index < -0.39 is 0 Å². The molecule has 0 aliphatic carbocycles. The van der Waals surface area contributed by atoms with Crippen molar-refractivity contribution >= 4 is 0 Å². The van der Waals surface area contributed by atoms with Crippen LogP contribution in [0.15, 0.2) is 36.7 Å². The van der Waals surface area contributed by atoms with Gasteiger partial charge in [-0.1, -0.05) is 58.9 Å². The zero-order valence-electron chi connectivity index (χ0n) is 14.9. The Balaban J connectivity index is 1.87. The lowest BCUT2D eigenvalue weighted by molar-refractivity contribution is 0.110. The lowest BCUT2D eigenvalue weighted by Gasteiger charge is -2.13. The molecule has 2 rings (SSSR count). The minimum Gasteiger partial charge on any atom is -0.376 e. The number of nitrogens with zero attached hydrogens (tertiary/aromatic N) is 2. The van der Waals surface area contributed by atoms with E-state index in [0.717, 1.165) is 11.4 Å². The normalized spacial score (nSPS) is 12.8. The molecule has 3 nitrogen and oxygen atoms in total. The molecule has 1 unspecified atom stereocenters. The Morgan fingerprint density at radius 2 is 1.61 bits per heavy atom. The molecule has 0 aliphatic rings. The van der Waals surface area contributed by atoms with E-state index in [-0.39, 0.29) is 0 Å². The molecule has 1 atom stereocenters. The maximum Gasteiger partial charge on any atom is 0.130 e. The lowest BCUT2D eigenvalue weighted by atomic mass is 10.0. The number of aromatic nitrogens is 2. The van der Waals surface area contributed by atoms with Crippen LogP contribution >= 0.6 is 0 Å². The van der Waals surface area contributed by atoms with Gasteiger partial charge in [0.2, 0.25) is 0 Å². The summed E-state index contributed by atoms with van der Waals surface area (Å²) < 4.78 is 5.89. The van der Waals surface area contributed by atoms with Crippen LogP contribution in [-0.4, -0.2) is 16.6 Å². The summed E-state index contributed by atoms with van der Waals surface area (Å²) in [7, 11) is 0. The predicted molar refractivity (Wildman–Crippen MR) is 94.7 cm³/mol. The number of rotatable bonds is 7. The van der Waals surface area contributed by atoms with E-state index in [1.165, 1.54) is 11.1 Å². The van der Waals surface area contributed by atoms with E-state index in [0.29, 0.717) is 31.0 Å². The second-order valence-electron chi connectivity index (χ2n) is 6.85. The van der Waals surface area contributed by atoms with E-state index in [1.807, 2.05) is 12.4 Å². The first-order valence-electron chi connectivity index (χ1n) is 8.45. The fraction of sp³-hybridized carbons (Fsp3) is 0.500. The Labute approximate surface area is 140 Å². The first-order valence-corrected chi connectivity index (χ1v) is 8.45. The third-order valence-electron chi connectivity index (χ3n) is 4.03. The molecule has 0 saturated carbocycles. The first kappa shape index (κ1) is 17.6. The van der Waals surface area contributed by atoms with Crippen LogP contribution in [0, 0.1) is 0 Å². The van der Waals surface area contributed by atoms with Crippen LogP contribution in [0.4, 0.5) is 0 Å². The van der Waals surface area contributed by atoms with Crippen molar-refractivity contribution in [3.63, 3.8) is 0 Å². The van der Waals surface area contributed by atoms with Crippen LogP contribution in [-0.2, 0) is 11.3 Å². The highest BCUT2D eigenvalue weighted by molar-refractivity contribution is 5.25. The summed E-state index contributed by atoms with van der Waals surface area (Å²) in [5.41, 5.74) is 3.72. The summed E-state index contributed by atoms with van der Waals surface area (Å²) in [6, 6.07) is 8.63. The molecule has 23 heavy (non-hydrogen) atoms. The third kappa shape index (κ3) is 5.14. The fourth-order valence-corrected chi connectivity index (χ4v) is 2.39. The minimum absolute atomic E-state index is 0.296. The number of hydrogen-bond acceptors (Lipinski definition) is 3. The largest absolute Gasteiger partial charge is 0.376 e. The van der Waals surface area contributed by atoms with Gasteiger partial charge in [-0.05, 0) is 22.6 Å². The second-order valence-corrected chi connectivity index (χ2v) is 6.85. The Bertz CT molecular complexity index is 605. The van der Waals surface area contributed by atoms with Crippen molar-refractivity contribution in [3.05, 3.63) is 59.2 Å². The number of ether oxygens (including phenoxy) is 1. The van der Waals surface area contributed by atoms with E-state index in [1.54, 1.807) is 0 Å². The maximum atomic E-state index is 5.89. The van der Waals surface area contributed by atoms with Crippen LogP contribution in [0.5, 0.6) is 0 Å². The summed E-state index contributed by atoms with van der Waals surface area (Å²) in [5.74, 6) is 2.10. The van der Waals surface area contributed by atoms with Gasteiger partial charge in [-0.2, -0.15) is 0 Å². The highest BCUT2D eigenvalue weighted by atomic mass is 16.5. The molecule has 0 spiro atoms. The molecule has 124 valence electrons. The SMILES string of the molecule is CC(C)c1cccc(COCC(C)c2cnc(C(C)C)nc2)c1. The molecular weight excluding hydrogens is 284 g/mol. The summed E-state index contributed by atoms with van der Waals surface area (Å²) >= 11 is 0. The quantitative estimate of drug-likeness (QED) is 0.718. The standard InChI is InChI=1S/C20H28N2O/c1-14(2)18-8-6-7-17(9-18)13-23-12-16(5)19-10-21-20(15(3)4)22-11-19/h6-11,14-16H,12-13H2,1-5H3. The van der Waals surface area contributed by atoms with E-state index in [2.05, 4.69) is 68.9 Å². The molecule has 0 saturated heterocycles. The Kier molecular flexibility index (Phi) is 6.28. The molecular formula is C20H28N2O. The van der Waals surface area contributed by atoms with Crippen molar-refractivity contribution in [3.8, 4) is 0 Å². The van der Waals surface area contributed by atoms with Crippen molar-refractivity contribution in [2.24, 2.45) is 0 Å². The predicted octanol–water partition coefficient (Wildman–Crippen LogP) is 5.04. The number of benzene rings is 1. The van der Waals surface area contributed by atoms with Crippen LogP contribution in [0.3, 0.4) is 0 Å². The third-order valence-corrected chi connectivity index (χ3v) is 4.03. The Hall–Kier alpha value is -1.74. The van der Waals surface area contributed by atoms with Crippen molar-refractivity contribution < 1.29 is 4.74 Å². The molecule has 0 N–H and O–H groups in total. The molecule has 1 aromatic heterocycles. The van der Waals surface area contributed by atoms with Crippen LogP contribution < -0.4 is 0 Å². The summed E-state index contributed by atoms with van der Waals surface area (Å²) in [6.07, 6.45) is 3.85. The fourth-order valence-electron chi connectivity index (χ4n) is 2.39. The average Bonchev–Trinajstić information content (AvgIpc) is 2.55. The summed E-state index contributed by atoms with van der Waals surface area (Å²) in [5, 5.41) is 0. The maximum absolute atomic E-state index is 5.89. The average molecular weight is 312 g/mol. The monoisotopic (exact) mass is 312 g/mol. The van der Waals surface area contributed by atoms with Crippen LogP contribution in [0.2, 0.25) is 0 Å². The smallest absolute Gasteiger partial charge is 0.130 e. The molecule has 0 aliphatic heterocycles. The highest BCUT2D eigenvalue weighted by Gasteiger charge is 2.09. The summed E-state index contributed by atoms with van der Waals surface area (Å²) in [6.45, 7) is 12.1.